The standard InChI is InChI=1S/C18H25N3O2.HI/c1-14-6-7-17(22-3)15(13-14)8-10-20-18(19-2)21-11-9-16-5-4-12-23-16;/h4-7,12-13H,8-11H2,1-3H3,(H2,19,20,21);1H. The molecule has 1 aromatic heterocycles. The molecule has 0 saturated heterocycles. The predicted molar refractivity (Wildman–Crippen MR) is 109 cm³/mol. The van der Waals surface area contributed by atoms with Crippen LogP contribution in [0.1, 0.15) is 16.9 Å². The molecule has 132 valence electrons. The molecule has 2 rings (SSSR count). The van der Waals surface area contributed by atoms with E-state index in [1.165, 1.54) is 11.1 Å². The van der Waals surface area contributed by atoms with Crippen molar-refractivity contribution >= 4 is 29.9 Å². The number of ether oxygens (including phenoxy) is 1. The van der Waals surface area contributed by atoms with Crippen LogP contribution in [0.4, 0.5) is 0 Å². The first-order valence-corrected chi connectivity index (χ1v) is 7.83. The summed E-state index contributed by atoms with van der Waals surface area (Å²) in [6, 6.07) is 10.1. The molecule has 0 atom stereocenters. The Bertz CT molecular complexity index is 627. The molecule has 0 saturated carbocycles. The fourth-order valence-electron chi connectivity index (χ4n) is 2.40. The highest BCUT2D eigenvalue weighted by atomic mass is 127. The summed E-state index contributed by atoms with van der Waals surface area (Å²) in [7, 11) is 3.48. The van der Waals surface area contributed by atoms with Crippen LogP contribution in [0, 0.1) is 6.92 Å². The molecule has 2 aromatic rings. The molecule has 0 aliphatic heterocycles. The number of nitrogens with one attached hydrogen (secondary N) is 2. The van der Waals surface area contributed by atoms with E-state index in [-0.39, 0.29) is 24.0 Å². The minimum absolute atomic E-state index is 0. The van der Waals surface area contributed by atoms with Crippen LogP contribution >= 0.6 is 24.0 Å². The molecule has 1 aromatic carbocycles. The second-order valence-electron chi connectivity index (χ2n) is 5.32. The Labute approximate surface area is 160 Å². The third-order valence-electron chi connectivity index (χ3n) is 3.59. The largest absolute Gasteiger partial charge is 0.496 e. The van der Waals surface area contributed by atoms with Gasteiger partial charge in [0.15, 0.2) is 5.96 Å². The molecule has 5 nitrogen and oxygen atoms in total. The number of rotatable bonds is 7. The van der Waals surface area contributed by atoms with Crippen LogP contribution < -0.4 is 15.4 Å². The zero-order valence-corrected chi connectivity index (χ0v) is 16.8. The van der Waals surface area contributed by atoms with Crippen molar-refractivity contribution in [3.8, 4) is 5.75 Å². The Balaban J connectivity index is 0.00000288. The molecule has 0 fully saturated rings. The number of aliphatic imine (C=N–C) groups is 1. The van der Waals surface area contributed by atoms with E-state index in [4.69, 9.17) is 9.15 Å². The third kappa shape index (κ3) is 6.43. The first-order valence-electron chi connectivity index (χ1n) is 7.83. The van der Waals surface area contributed by atoms with Gasteiger partial charge in [-0.15, -0.1) is 24.0 Å². The average molecular weight is 443 g/mol. The van der Waals surface area contributed by atoms with Gasteiger partial charge < -0.3 is 19.8 Å². The van der Waals surface area contributed by atoms with Crippen molar-refractivity contribution in [2.75, 3.05) is 27.2 Å². The normalized spacial score (nSPS) is 10.9. The van der Waals surface area contributed by atoms with Crippen molar-refractivity contribution in [1.29, 1.82) is 0 Å². The zero-order valence-electron chi connectivity index (χ0n) is 14.5. The van der Waals surface area contributed by atoms with Crippen LogP contribution in [0.3, 0.4) is 0 Å². The second kappa shape index (κ2) is 11.0. The number of halogens is 1. The smallest absolute Gasteiger partial charge is 0.191 e. The van der Waals surface area contributed by atoms with Crippen molar-refractivity contribution in [3.63, 3.8) is 0 Å². The van der Waals surface area contributed by atoms with E-state index in [0.717, 1.165) is 43.4 Å². The number of aryl methyl sites for hydroxylation is 1. The van der Waals surface area contributed by atoms with E-state index in [9.17, 15) is 0 Å². The summed E-state index contributed by atoms with van der Waals surface area (Å²) in [6.07, 6.45) is 3.40. The van der Waals surface area contributed by atoms with Crippen molar-refractivity contribution in [2.24, 2.45) is 4.99 Å². The lowest BCUT2D eigenvalue weighted by Crippen LogP contribution is -2.39. The molecule has 0 spiro atoms. The van der Waals surface area contributed by atoms with Crippen LogP contribution in [0.5, 0.6) is 5.75 Å². The molecular weight excluding hydrogens is 417 g/mol. The fourth-order valence-corrected chi connectivity index (χ4v) is 2.40. The van der Waals surface area contributed by atoms with Crippen LogP contribution in [-0.4, -0.2) is 33.2 Å². The summed E-state index contributed by atoms with van der Waals surface area (Å²) in [5.41, 5.74) is 2.44. The highest BCUT2D eigenvalue weighted by Crippen LogP contribution is 2.19. The van der Waals surface area contributed by atoms with E-state index in [1.54, 1.807) is 20.4 Å². The Morgan fingerprint density at radius 2 is 1.92 bits per heavy atom. The van der Waals surface area contributed by atoms with Crippen molar-refractivity contribution < 1.29 is 9.15 Å². The van der Waals surface area contributed by atoms with Gasteiger partial charge >= 0.3 is 0 Å². The molecule has 1 heterocycles. The molecule has 0 aliphatic rings. The van der Waals surface area contributed by atoms with Gasteiger partial charge in [-0.25, -0.2) is 0 Å². The van der Waals surface area contributed by atoms with Gasteiger partial charge in [0.25, 0.3) is 0 Å². The molecule has 24 heavy (non-hydrogen) atoms. The minimum Gasteiger partial charge on any atom is -0.496 e. The summed E-state index contributed by atoms with van der Waals surface area (Å²) >= 11 is 0. The van der Waals surface area contributed by atoms with Gasteiger partial charge in [0, 0.05) is 26.6 Å². The first-order chi connectivity index (χ1) is 11.2. The molecule has 0 bridgehead atoms. The van der Waals surface area contributed by atoms with Crippen LogP contribution in [0.15, 0.2) is 46.0 Å². The maximum Gasteiger partial charge on any atom is 0.191 e. The quantitative estimate of drug-likeness (QED) is 0.392. The maximum absolute atomic E-state index is 5.41. The van der Waals surface area contributed by atoms with Gasteiger partial charge in [0.1, 0.15) is 11.5 Å². The third-order valence-corrected chi connectivity index (χ3v) is 3.59. The van der Waals surface area contributed by atoms with Crippen molar-refractivity contribution in [2.45, 2.75) is 19.8 Å². The molecule has 0 aliphatic carbocycles. The number of hydrogen-bond donors (Lipinski definition) is 2. The van der Waals surface area contributed by atoms with E-state index in [2.05, 4.69) is 34.7 Å². The summed E-state index contributed by atoms with van der Waals surface area (Å²) in [4.78, 5) is 4.23. The Morgan fingerprint density at radius 1 is 1.17 bits per heavy atom. The summed E-state index contributed by atoms with van der Waals surface area (Å²) in [5.74, 6) is 2.69. The summed E-state index contributed by atoms with van der Waals surface area (Å²) < 4.78 is 10.7. The topological polar surface area (TPSA) is 58.8 Å². The van der Waals surface area contributed by atoms with Crippen LogP contribution in [-0.2, 0) is 12.8 Å². The van der Waals surface area contributed by atoms with Gasteiger partial charge in [-0.2, -0.15) is 0 Å². The van der Waals surface area contributed by atoms with Gasteiger partial charge in [0.2, 0.25) is 0 Å². The van der Waals surface area contributed by atoms with E-state index in [0.29, 0.717) is 0 Å². The van der Waals surface area contributed by atoms with E-state index >= 15 is 0 Å². The first kappa shape index (κ1) is 20.3. The Hall–Kier alpha value is -1.70. The highest BCUT2D eigenvalue weighted by molar-refractivity contribution is 14.0. The molecule has 6 heteroatoms. The zero-order chi connectivity index (χ0) is 16.5. The highest BCUT2D eigenvalue weighted by Gasteiger charge is 2.04. The SMILES string of the molecule is CN=C(NCCc1ccco1)NCCc1cc(C)ccc1OC.I. The fraction of sp³-hybridized carbons (Fsp3) is 0.389. The lowest BCUT2D eigenvalue weighted by molar-refractivity contribution is 0.409. The molecule has 0 amide bonds. The minimum atomic E-state index is 0. The lowest BCUT2D eigenvalue weighted by Gasteiger charge is -2.13. The molecule has 0 unspecified atom stereocenters. The second-order valence-corrected chi connectivity index (χ2v) is 5.32. The van der Waals surface area contributed by atoms with Crippen LogP contribution in [0.25, 0.3) is 0 Å². The monoisotopic (exact) mass is 443 g/mol. The number of nitrogens with zero attached hydrogens (tertiary/aromatic N) is 1. The molecular formula is C18H26IN3O2. The molecule has 0 radical (unpaired) electrons. The summed E-state index contributed by atoms with van der Waals surface area (Å²) in [6.45, 7) is 3.66. The predicted octanol–water partition coefficient (Wildman–Crippen LogP) is 3.16. The number of hydrogen-bond acceptors (Lipinski definition) is 3. The van der Waals surface area contributed by atoms with Gasteiger partial charge in [-0.05, 0) is 37.1 Å². The number of guanidine groups is 1. The Kier molecular flexibility index (Phi) is 9.29. The maximum atomic E-state index is 5.41. The molecule has 2 N–H and O–H groups in total. The van der Waals surface area contributed by atoms with Gasteiger partial charge in [-0.1, -0.05) is 17.7 Å². The van der Waals surface area contributed by atoms with Crippen LogP contribution in [0.2, 0.25) is 0 Å². The lowest BCUT2D eigenvalue weighted by atomic mass is 10.1. The van der Waals surface area contributed by atoms with E-state index < -0.39 is 0 Å². The Morgan fingerprint density at radius 3 is 2.54 bits per heavy atom. The average Bonchev–Trinajstić information content (AvgIpc) is 3.07. The van der Waals surface area contributed by atoms with Gasteiger partial charge in [-0.3, -0.25) is 4.99 Å². The number of benzene rings is 1. The van der Waals surface area contributed by atoms with Crippen molar-refractivity contribution in [1.82, 2.24) is 10.6 Å². The van der Waals surface area contributed by atoms with E-state index in [1.807, 2.05) is 18.2 Å². The van der Waals surface area contributed by atoms with Gasteiger partial charge in [0.05, 0.1) is 13.4 Å². The number of furan rings is 1. The van der Waals surface area contributed by atoms with Crippen molar-refractivity contribution in [3.05, 3.63) is 53.5 Å². The number of methoxy groups -OCH3 is 1. The summed E-state index contributed by atoms with van der Waals surface area (Å²) in [5, 5.41) is 6.60.